The van der Waals surface area contributed by atoms with Crippen LogP contribution in [0.25, 0.3) is 0 Å². The van der Waals surface area contributed by atoms with Crippen LogP contribution in [0.4, 0.5) is 5.69 Å². The summed E-state index contributed by atoms with van der Waals surface area (Å²) < 4.78 is 29.4. The predicted octanol–water partition coefficient (Wildman–Crippen LogP) is 3.91. The van der Waals surface area contributed by atoms with Gasteiger partial charge in [-0.25, -0.2) is 0 Å². The Morgan fingerprint density at radius 2 is 2.06 bits per heavy atom. The Morgan fingerprint density at radius 1 is 1.33 bits per heavy atom. The first-order valence-corrected chi connectivity index (χ1v) is 8.56. The zero-order chi connectivity index (χ0) is 13.3. The number of anilines is 1. The summed E-state index contributed by atoms with van der Waals surface area (Å²) in [7, 11) is -3.60. The highest BCUT2D eigenvalue weighted by atomic mass is 79.9. The van der Waals surface area contributed by atoms with Crippen molar-refractivity contribution in [1.29, 1.82) is 0 Å². The number of hydrogen-bond donors (Lipinski definition) is 1. The van der Waals surface area contributed by atoms with Gasteiger partial charge < -0.3 is 5.32 Å². The number of fused-ring (bicyclic) bond motifs is 1. The number of amidine groups is 1. The van der Waals surface area contributed by atoms with Gasteiger partial charge in [0, 0.05) is 15.4 Å². The van der Waals surface area contributed by atoms with Gasteiger partial charge in [0.1, 0.15) is 10.7 Å². The van der Waals surface area contributed by atoms with Crippen molar-refractivity contribution >= 4 is 53.4 Å². The summed E-state index contributed by atoms with van der Waals surface area (Å²) in [4.78, 5) is 0.198. The third-order valence-corrected chi connectivity index (χ3v) is 4.99. The van der Waals surface area contributed by atoms with Crippen LogP contribution in [-0.2, 0) is 10.0 Å². The van der Waals surface area contributed by atoms with Gasteiger partial charge in [-0.3, -0.25) is 0 Å². The Balaban J connectivity index is 2.49. The van der Waals surface area contributed by atoms with Gasteiger partial charge in [0.05, 0.1) is 5.69 Å². The largest absolute Gasteiger partial charge is 0.341 e. The fraction of sp³-hybridized carbons (Fsp3) is 0.364. The van der Waals surface area contributed by atoms with E-state index in [1.807, 2.05) is 6.07 Å². The van der Waals surface area contributed by atoms with Crippen LogP contribution < -0.4 is 5.32 Å². The molecule has 0 radical (unpaired) electrons. The number of hydrogen-bond acceptors (Lipinski definition) is 3. The van der Waals surface area contributed by atoms with Crippen molar-refractivity contribution in [2.75, 3.05) is 5.32 Å². The minimum Gasteiger partial charge on any atom is -0.341 e. The van der Waals surface area contributed by atoms with Crippen molar-refractivity contribution in [3.05, 3.63) is 21.1 Å². The SMILES string of the molecule is CCCCC1=NS(=O)(=O)c2cc(Br)cc(Br)c2N1. The van der Waals surface area contributed by atoms with Gasteiger partial charge in [-0.2, -0.15) is 8.42 Å². The van der Waals surface area contributed by atoms with Crippen molar-refractivity contribution in [2.24, 2.45) is 4.40 Å². The molecule has 2 rings (SSSR count). The van der Waals surface area contributed by atoms with Crippen LogP contribution in [0.2, 0.25) is 0 Å². The second kappa shape index (κ2) is 5.30. The predicted molar refractivity (Wildman–Crippen MR) is 79.6 cm³/mol. The molecule has 7 heteroatoms. The molecule has 1 aromatic carbocycles. The Morgan fingerprint density at radius 3 is 2.72 bits per heavy atom. The average molecular weight is 396 g/mol. The molecule has 18 heavy (non-hydrogen) atoms. The van der Waals surface area contributed by atoms with Crippen molar-refractivity contribution in [2.45, 2.75) is 31.1 Å². The first-order valence-electron chi connectivity index (χ1n) is 5.54. The summed E-state index contributed by atoms with van der Waals surface area (Å²) >= 11 is 6.65. The van der Waals surface area contributed by atoms with Gasteiger partial charge in [0.2, 0.25) is 0 Å². The van der Waals surface area contributed by atoms with Crippen molar-refractivity contribution in [3.8, 4) is 0 Å². The maximum Gasteiger partial charge on any atom is 0.286 e. The third-order valence-electron chi connectivity index (χ3n) is 2.56. The molecule has 0 fully saturated rings. The van der Waals surface area contributed by atoms with Gasteiger partial charge in [0.15, 0.2) is 0 Å². The van der Waals surface area contributed by atoms with Gasteiger partial charge >= 0.3 is 0 Å². The minimum atomic E-state index is -3.60. The van der Waals surface area contributed by atoms with Crippen molar-refractivity contribution in [1.82, 2.24) is 0 Å². The number of rotatable bonds is 3. The molecule has 1 heterocycles. The number of sulfonamides is 1. The van der Waals surface area contributed by atoms with Crippen LogP contribution in [0.1, 0.15) is 26.2 Å². The van der Waals surface area contributed by atoms with E-state index in [0.29, 0.717) is 26.9 Å². The van der Waals surface area contributed by atoms with E-state index in [1.165, 1.54) is 0 Å². The quantitative estimate of drug-likeness (QED) is 0.843. The Kier molecular flexibility index (Phi) is 4.13. The van der Waals surface area contributed by atoms with E-state index in [1.54, 1.807) is 6.07 Å². The lowest BCUT2D eigenvalue weighted by molar-refractivity contribution is 0.597. The van der Waals surface area contributed by atoms with Crippen molar-refractivity contribution < 1.29 is 8.42 Å². The molecule has 0 aromatic heterocycles. The third kappa shape index (κ3) is 2.78. The molecule has 0 aliphatic carbocycles. The van der Waals surface area contributed by atoms with Crippen LogP contribution in [0.5, 0.6) is 0 Å². The molecular weight excluding hydrogens is 384 g/mol. The first-order chi connectivity index (χ1) is 8.44. The zero-order valence-electron chi connectivity index (χ0n) is 9.70. The summed E-state index contributed by atoms with van der Waals surface area (Å²) in [5, 5.41) is 3.09. The van der Waals surface area contributed by atoms with E-state index in [9.17, 15) is 8.42 Å². The van der Waals surface area contributed by atoms with E-state index < -0.39 is 10.0 Å². The van der Waals surface area contributed by atoms with Gasteiger partial charge in [-0.05, 0) is 34.5 Å². The lowest BCUT2D eigenvalue weighted by Crippen LogP contribution is -2.21. The molecule has 98 valence electrons. The van der Waals surface area contributed by atoms with Crippen LogP contribution in [0.3, 0.4) is 0 Å². The monoisotopic (exact) mass is 394 g/mol. The van der Waals surface area contributed by atoms with Gasteiger partial charge in [-0.15, -0.1) is 4.40 Å². The molecule has 0 saturated carbocycles. The van der Waals surface area contributed by atoms with Crippen molar-refractivity contribution in [3.63, 3.8) is 0 Å². The molecule has 1 N–H and O–H groups in total. The molecule has 0 spiro atoms. The molecule has 4 nitrogen and oxygen atoms in total. The fourth-order valence-corrected chi connectivity index (χ4v) is 4.52. The summed E-state index contributed by atoms with van der Waals surface area (Å²) in [6.07, 6.45) is 2.54. The van der Waals surface area contributed by atoms with E-state index in [2.05, 4.69) is 48.5 Å². The molecular formula is C11H12Br2N2O2S. The number of unbranched alkanes of at least 4 members (excludes halogenated alkanes) is 1. The number of halogens is 2. The van der Waals surface area contributed by atoms with E-state index in [-0.39, 0.29) is 4.90 Å². The number of benzene rings is 1. The molecule has 1 aromatic rings. The highest BCUT2D eigenvalue weighted by Gasteiger charge is 2.26. The smallest absolute Gasteiger partial charge is 0.286 e. The Hall–Kier alpha value is -0.400. The van der Waals surface area contributed by atoms with Crippen LogP contribution in [0.15, 0.2) is 30.4 Å². The Bertz CT molecular complexity index is 612. The molecule has 1 aliphatic rings. The Labute approximate surface area is 123 Å². The second-order valence-corrected chi connectivity index (χ2v) is 7.34. The maximum absolute atomic E-state index is 12.1. The summed E-state index contributed by atoms with van der Waals surface area (Å²) in [5.41, 5.74) is 0.569. The average Bonchev–Trinajstić information content (AvgIpc) is 2.27. The summed E-state index contributed by atoms with van der Waals surface area (Å²) in [6, 6.07) is 3.37. The molecule has 0 saturated heterocycles. The molecule has 0 amide bonds. The van der Waals surface area contributed by atoms with Crippen LogP contribution >= 0.6 is 31.9 Å². The fourth-order valence-electron chi connectivity index (χ4n) is 1.69. The summed E-state index contributed by atoms with van der Waals surface area (Å²) in [5.74, 6) is 0.507. The maximum atomic E-state index is 12.1. The van der Waals surface area contributed by atoms with Gasteiger partial charge in [0.25, 0.3) is 10.0 Å². The number of nitrogens with one attached hydrogen (secondary N) is 1. The van der Waals surface area contributed by atoms with Gasteiger partial charge in [-0.1, -0.05) is 29.3 Å². The van der Waals surface area contributed by atoms with Crippen LogP contribution in [-0.4, -0.2) is 14.3 Å². The van der Waals surface area contributed by atoms with E-state index in [0.717, 1.165) is 12.8 Å². The lowest BCUT2D eigenvalue weighted by Gasteiger charge is -2.19. The standard InChI is InChI=1S/C11H12Br2N2O2S/c1-2-3-4-10-14-11-8(13)5-7(12)6-9(11)18(16,17)15-10/h5-6H,2-4H2,1H3,(H,14,15). The molecule has 1 aliphatic heterocycles. The first kappa shape index (κ1) is 14.0. The second-order valence-electron chi connectivity index (χ2n) is 4.00. The molecule has 0 atom stereocenters. The normalized spacial score (nSPS) is 16.7. The zero-order valence-corrected chi connectivity index (χ0v) is 13.7. The number of nitrogens with zero attached hydrogens (tertiary/aromatic N) is 1. The molecule has 0 bridgehead atoms. The highest BCUT2D eigenvalue weighted by Crippen LogP contribution is 2.37. The highest BCUT2D eigenvalue weighted by molar-refractivity contribution is 9.11. The minimum absolute atomic E-state index is 0.198. The summed E-state index contributed by atoms with van der Waals surface area (Å²) in [6.45, 7) is 2.05. The molecule has 0 unspecified atom stereocenters. The topological polar surface area (TPSA) is 58.5 Å². The van der Waals surface area contributed by atoms with E-state index >= 15 is 0 Å². The lowest BCUT2D eigenvalue weighted by atomic mass is 10.2. The van der Waals surface area contributed by atoms with Crippen LogP contribution in [0, 0.1) is 0 Å². The van der Waals surface area contributed by atoms with E-state index in [4.69, 9.17) is 0 Å².